The van der Waals surface area contributed by atoms with Crippen molar-refractivity contribution in [1.29, 1.82) is 0 Å². The summed E-state index contributed by atoms with van der Waals surface area (Å²) in [6, 6.07) is 5.45. The van der Waals surface area contributed by atoms with Crippen LogP contribution in [0, 0.1) is 0 Å². The van der Waals surface area contributed by atoms with Crippen LogP contribution in [-0.4, -0.2) is 38.5 Å². The zero-order chi connectivity index (χ0) is 15.1. The number of rotatable bonds is 3. The van der Waals surface area contributed by atoms with E-state index < -0.39 is 10.0 Å². The molecule has 0 spiro atoms. The van der Waals surface area contributed by atoms with E-state index in [1.165, 1.54) is 5.56 Å². The second-order valence-electron chi connectivity index (χ2n) is 6.13. The smallest absolute Gasteiger partial charge is 0.243 e. The molecule has 1 unspecified atom stereocenters. The molecule has 1 aromatic carbocycles. The van der Waals surface area contributed by atoms with E-state index in [0.29, 0.717) is 18.0 Å². The molecule has 1 N–H and O–H groups in total. The molecule has 0 aliphatic carbocycles. The zero-order valence-corrected chi connectivity index (χ0v) is 13.4. The maximum atomic E-state index is 12.8. The lowest BCUT2D eigenvalue weighted by Gasteiger charge is -2.38. The van der Waals surface area contributed by atoms with Gasteiger partial charge in [0.1, 0.15) is 0 Å². The average molecular weight is 310 g/mol. The number of methoxy groups -OCH3 is 1. The minimum Gasteiger partial charge on any atom is -0.377 e. The Kier molecular flexibility index (Phi) is 3.81. The highest BCUT2D eigenvalue weighted by atomic mass is 32.2. The van der Waals surface area contributed by atoms with Gasteiger partial charge in [0.15, 0.2) is 0 Å². The average Bonchev–Trinajstić information content (AvgIpc) is 2.94. The third-order valence-electron chi connectivity index (χ3n) is 4.56. The van der Waals surface area contributed by atoms with Crippen LogP contribution in [0.5, 0.6) is 0 Å². The van der Waals surface area contributed by atoms with E-state index in [1.54, 1.807) is 17.5 Å². The third-order valence-corrected chi connectivity index (χ3v) is 6.40. The first-order valence-corrected chi connectivity index (χ1v) is 8.76. The quantitative estimate of drug-likeness (QED) is 0.919. The first kappa shape index (κ1) is 15.0. The normalized spacial score (nSPS) is 26.8. The van der Waals surface area contributed by atoms with Crippen molar-refractivity contribution in [3.63, 3.8) is 0 Å². The van der Waals surface area contributed by atoms with Crippen LogP contribution >= 0.6 is 0 Å². The second-order valence-corrected chi connectivity index (χ2v) is 8.07. The van der Waals surface area contributed by atoms with E-state index >= 15 is 0 Å². The van der Waals surface area contributed by atoms with Crippen molar-refractivity contribution in [3.8, 4) is 0 Å². The van der Waals surface area contributed by atoms with Crippen LogP contribution in [0.1, 0.15) is 30.9 Å². The Hall–Kier alpha value is -0.950. The van der Waals surface area contributed by atoms with Crippen molar-refractivity contribution in [2.75, 3.05) is 20.2 Å². The summed E-state index contributed by atoms with van der Waals surface area (Å²) in [4.78, 5) is 0.394. The van der Waals surface area contributed by atoms with Crippen molar-refractivity contribution in [3.05, 3.63) is 29.3 Å². The van der Waals surface area contributed by atoms with Gasteiger partial charge in [-0.3, -0.25) is 0 Å². The van der Waals surface area contributed by atoms with Crippen LogP contribution in [-0.2, 0) is 27.8 Å². The molecule has 0 aromatic heterocycles. The number of nitrogens with zero attached hydrogens (tertiary/aromatic N) is 1. The lowest BCUT2D eigenvalue weighted by molar-refractivity contribution is -0.0319. The predicted molar refractivity (Wildman–Crippen MR) is 80.4 cm³/mol. The van der Waals surface area contributed by atoms with Crippen LogP contribution in [0.15, 0.2) is 23.1 Å². The molecule has 3 rings (SSSR count). The highest BCUT2D eigenvalue weighted by Gasteiger charge is 2.37. The van der Waals surface area contributed by atoms with Gasteiger partial charge < -0.3 is 10.1 Å². The van der Waals surface area contributed by atoms with Crippen molar-refractivity contribution in [2.24, 2.45) is 0 Å². The largest absolute Gasteiger partial charge is 0.377 e. The number of ether oxygens (including phenoxy) is 1. The van der Waals surface area contributed by atoms with E-state index in [9.17, 15) is 8.42 Å². The standard InChI is InChI=1S/C15H22N2O3S/c1-15(20-2)6-3-7-17(11-15)21(18,19)14-5-4-12-9-16-10-13(12)8-14/h4-5,8,16H,3,6-7,9-11H2,1-2H3. The number of benzene rings is 1. The van der Waals surface area contributed by atoms with Gasteiger partial charge in [-0.05, 0) is 43.0 Å². The van der Waals surface area contributed by atoms with Gasteiger partial charge in [-0.2, -0.15) is 4.31 Å². The number of fused-ring (bicyclic) bond motifs is 1. The highest BCUT2D eigenvalue weighted by Crippen LogP contribution is 2.29. The second kappa shape index (κ2) is 5.35. The minimum atomic E-state index is -3.44. The van der Waals surface area contributed by atoms with Gasteiger partial charge in [-0.25, -0.2) is 8.42 Å². The molecule has 5 nitrogen and oxygen atoms in total. The third kappa shape index (κ3) is 2.73. The van der Waals surface area contributed by atoms with Gasteiger partial charge in [-0.15, -0.1) is 0 Å². The van der Waals surface area contributed by atoms with Gasteiger partial charge in [0.05, 0.1) is 10.5 Å². The van der Waals surface area contributed by atoms with Crippen LogP contribution in [0.25, 0.3) is 0 Å². The van der Waals surface area contributed by atoms with Crippen molar-refractivity contribution in [1.82, 2.24) is 9.62 Å². The van der Waals surface area contributed by atoms with Crippen molar-refractivity contribution >= 4 is 10.0 Å². The fourth-order valence-electron chi connectivity index (χ4n) is 3.11. The molecule has 0 bridgehead atoms. The number of nitrogens with one attached hydrogen (secondary N) is 1. The fourth-order valence-corrected chi connectivity index (χ4v) is 4.75. The minimum absolute atomic E-state index is 0.385. The van der Waals surface area contributed by atoms with Crippen LogP contribution in [0.4, 0.5) is 0 Å². The molecule has 2 aliphatic heterocycles. The van der Waals surface area contributed by atoms with Gasteiger partial charge in [-0.1, -0.05) is 6.07 Å². The SMILES string of the molecule is COC1(C)CCCN(S(=O)(=O)c2ccc3c(c2)CNC3)C1. The molecule has 2 heterocycles. The van der Waals surface area contributed by atoms with Gasteiger partial charge >= 0.3 is 0 Å². The molecule has 0 amide bonds. The Labute approximate surface area is 126 Å². The number of piperidine rings is 1. The summed E-state index contributed by atoms with van der Waals surface area (Å²) in [5.74, 6) is 0. The summed E-state index contributed by atoms with van der Waals surface area (Å²) in [5.41, 5.74) is 1.89. The van der Waals surface area contributed by atoms with E-state index in [-0.39, 0.29) is 5.60 Å². The fraction of sp³-hybridized carbons (Fsp3) is 0.600. The van der Waals surface area contributed by atoms with Crippen LogP contribution in [0.2, 0.25) is 0 Å². The molecule has 0 saturated carbocycles. The van der Waals surface area contributed by atoms with E-state index in [2.05, 4.69) is 5.32 Å². The Bertz CT molecular complexity index is 644. The highest BCUT2D eigenvalue weighted by molar-refractivity contribution is 7.89. The Balaban J connectivity index is 1.90. The number of sulfonamides is 1. The number of hydrogen-bond donors (Lipinski definition) is 1. The summed E-state index contributed by atoms with van der Waals surface area (Å²) >= 11 is 0. The molecule has 0 radical (unpaired) electrons. The molecule has 21 heavy (non-hydrogen) atoms. The van der Waals surface area contributed by atoms with Crippen LogP contribution in [0.3, 0.4) is 0 Å². The molecule has 116 valence electrons. The lowest BCUT2D eigenvalue weighted by Crippen LogP contribution is -2.49. The Morgan fingerprint density at radius 2 is 2.05 bits per heavy atom. The summed E-state index contributed by atoms with van der Waals surface area (Å²) in [6.45, 7) is 4.52. The molecule has 1 saturated heterocycles. The van der Waals surface area contributed by atoms with Gasteiger partial charge in [0.25, 0.3) is 0 Å². The lowest BCUT2D eigenvalue weighted by atomic mass is 9.96. The maximum absolute atomic E-state index is 12.8. The zero-order valence-electron chi connectivity index (χ0n) is 12.6. The molecule has 6 heteroatoms. The first-order chi connectivity index (χ1) is 9.94. The molecular weight excluding hydrogens is 288 g/mol. The molecule has 1 aromatic rings. The Morgan fingerprint density at radius 1 is 1.29 bits per heavy atom. The summed E-state index contributed by atoms with van der Waals surface area (Å²) in [7, 11) is -1.79. The van der Waals surface area contributed by atoms with Gasteiger partial charge in [0, 0.05) is 33.3 Å². The van der Waals surface area contributed by atoms with E-state index in [1.807, 2.05) is 19.1 Å². The molecular formula is C15H22N2O3S. The maximum Gasteiger partial charge on any atom is 0.243 e. The molecule has 1 fully saturated rings. The van der Waals surface area contributed by atoms with E-state index in [4.69, 9.17) is 4.74 Å². The van der Waals surface area contributed by atoms with Crippen molar-refractivity contribution in [2.45, 2.75) is 43.4 Å². The first-order valence-electron chi connectivity index (χ1n) is 7.32. The summed E-state index contributed by atoms with van der Waals surface area (Å²) in [6.07, 6.45) is 1.72. The summed E-state index contributed by atoms with van der Waals surface area (Å²) < 4.78 is 32.7. The van der Waals surface area contributed by atoms with E-state index in [0.717, 1.165) is 31.5 Å². The number of hydrogen-bond acceptors (Lipinski definition) is 4. The topological polar surface area (TPSA) is 58.6 Å². The molecule has 2 aliphatic rings. The summed E-state index contributed by atoms with van der Waals surface area (Å²) in [5, 5.41) is 3.24. The van der Waals surface area contributed by atoms with Gasteiger partial charge in [0.2, 0.25) is 10.0 Å². The monoisotopic (exact) mass is 310 g/mol. The van der Waals surface area contributed by atoms with Crippen molar-refractivity contribution < 1.29 is 13.2 Å². The molecule has 1 atom stereocenters. The predicted octanol–water partition coefficient (Wildman–Crippen LogP) is 1.48. The Morgan fingerprint density at radius 3 is 2.81 bits per heavy atom. The van der Waals surface area contributed by atoms with Crippen LogP contribution < -0.4 is 5.32 Å².